The SMILES string of the molecule is C#CCCCC(NC)C1CCCCO1. The topological polar surface area (TPSA) is 21.3 Å². The van der Waals surface area contributed by atoms with Crippen molar-refractivity contribution in [1.82, 2.24) is 5.32 Å². The summed E-state index contributed by atoms with van der Waals surface area (Å²) in [6, 6.07) is 0.489. The molecular weight excluding hydrogens is 174 g/mol. The number of nitrogens with one attached hydrogen (secondary N) is 1. The maximum atomic E-state index is 5.75. The van der Waals surface area contributed by atoms with Crippen LogP contribution in [0.4, 0.5) is 0 Å². The highest BCUT2D eigenvalue weighted by molar-refractivity contribution is 4.85. The van der Waals surface area contributed by atoms with Gasteiger partial charge in [-0.1, -0.05) is 0 Å². The van der Waals surface area contributed by atoms with Crippen LogP contribution in [-0.4, -0.2) is 25.8 Å². The molecule has 1 heterocycles. The fourth-order valence-corrected chi connectivity index (χ4v) is 2.02. The van der Waals surface area contributed by atoms with E-state index in [0.29, 0.717) is 12.1 Å². The van der Waals surface area contributed by atoms with Crippen LogP contribution in [0.15, 0.2) is 0 Å². The molecule has 1 rings (SSSR count). The van der Waals surface area contributed by atoms with Crippen molar-refractivity contribution in [1.29, 1.82) is 0 Å². The molecule has 0 bridgehead atoms. The van der Waals surface area contributed by atoms with Gasteiger partial charge in [-0.15, -0.1) is 12.3 Å². The molecule has 0 aliphatic carbocycles. The van der Waals surface area contributed by atoms with Crippen molar-refractivity contribution in [3.63, 3.8) is 0 Å². The largest absolute Gasteiger partial charge is 0.377 e. The number of terminal acetylenes is 1. The number of unbranched alkanes of at least 4 members (excludes halogenated alkanes) is 1. The third-order valence-corrected chi connectivity index (χ3v) is 2.87. The van der Waals surface area contributed by atoms with Crippen molar-refractivity contribution in [2.45, 2.75) is 50.7 Å². The molecular formula is C12H21NO. The van der Waals surface area contributed by atoms with Gasteiger partial charge in [0.1, 0.15) is 0 Å². The van der Waals surface area contributed by atoms with Crippen LogP contribution >= 0.6 is 0 Å². The van der Waals surface area contributed by atoms with Gasteiger partial charge in [0.2, 0.25) is 0 Å². The van der Waals surface area contributed by atoms with Gasteiger partial charge in [-0.3, -0.25) is 0 Å². The molecule has 2 nitrogen and oxygen atoms in total. The van der Waals surface area contributed by atoms with Crippen LogP contribution in [0.3, 0.4) is 0 Å². The van der Waals surface area contributed by atoms with E-state index in [4.69, 9.17) is 11.2 Å². The molecule has 1 aliphatic heterocycles. The zero-order valence-electron chi connectivity index (χ0n) is 9.09. The molecule has 1 fully saturated rings. The van der Waals surface area contributed by atoms with E-state index in [1.807, 2.05) is 7.05 Å². The normalized spacial score (nSPS) is 24.1. The van der Waals surface area contributed by atoms with Crippen LogP contribution in [0.2, 0.25) is 0 Å². The zero-order chi connectivity index (χ0) is 10.2. The van der Waals surface area contributed by atoms with Gasteiger partial charge in [0.05, 0.1) is 6.10 Å². The predicted molar refractivity (Wildman–Crippen MR) is 59.1 cm³/mol. The Hall–Kier alpha value is -0.520. The molecule has 0 amide bonds. The smallest absolute Gasteiger partial charge is 0.0727 e. The lowest BCUT2D eigenvalue weighted by atomic mass is 9.98. The first-order chi connectivity index (χ1) is 6.88. The summed E-state index contributed by atoms with van der Waals surface area (Å²) in [6.07, 6.45) is 12.5. The maximum Gasteiger partial charge on any atom is 0.0727 e. The summed E-state index contributed by atoms with van der Waals surface area (Å²) in [6.45, 7) is 0.929. The highest BCUT2D eigenvalue weighted by Crippen LogP contribution is 2.18. The molecule has 1 aliphatic rings. The molecule has 2 atom stereocenters. The lowest BCUT2D eigenvalue weighted by molar-refractivity contribution is -0.00797. The average Bonchev–Trinajstić information content (AvgIpc) is 2.26. The second-order valence-electron chi connectivity index (χ2n) is 3.90. The van der Waals surface area contributed by atoms with Gasteiger partial charge >= 0.3 is 0 Å². The van der Waals surface area contributed by atoms with E-state index in [1.54, 1.807) is 0 Å². The third kappa shape index (κ3) is 3.69. The van der Waals surface area contributed by atoms with Gasteiger partial charge in [-0.2, -0.15) is 0 Å². The minimum atomic E-state index is 0.409. The molecule has 14 heavy (non-hydrogen) atoms. The van der Waals surface area contributed by atoms with Gasteiger partial charge in [-0.25, -0.2) is 0 Å². The van der Waals surface area contributed by atoms with Crippen molar-refractivity contribution in [3.05, 3.63) is 0 Å². The summed E-state index contributed by atoms with van der Waals surface area (Å²) in [7, 11) is 2.01. The van der Waals surface area contributed by atoms with E-state index in [9.17, 15) is 0 Å². The van der Waals surface area contributed by atoms with Crippen molar-refractivity contribution in [2.75, 3.05) is 13.7 Å². The Kier molecular flexibility index (Phi) is 5.66. The Labute approximate surface area is 87.4 Å². The molecule has 0 aromatic rings. The van der Waals surface area contributed by atoms with Crippen LogP contribution in [0, 0.1) is 12.3 Å². The Bertz CT molecular complexity index is 179. The van der Waals surface area contributed by atoms with Crippen molar-refractivity contribution in [2.24, 2.45) is 0 Å². The quantitative estimate of drug-likeness (QED) is 0.535. The summed E-state index contributed by atoms with van der Waals surface area (Å²) in [5.41, 5.74) is 0. The average molecular weight is 195 g/mol. The minimum absolute atomic E-state index is 0.409. The number of likely N-dealkylation sites (N-methyl/N-ethyl adjacent to an activating group) is 1. The maximum absolute atomic E-state index is 5.75. The summed E-state index contributed by atoms with van der Waals surface area (Å²) < 4.78 is 5.75. The zero-order valence-corrected chi connectivity index (χ0v) is 9.09. The highest BCUT2D eigenvalue weighted by atomic mass is 16.5. The standard InChI is InChI=1S/C12H21NO/c1-3-4-5-8-11(13-2)12-9-6-7-10-14-12/h1,11-13H,4-10H2,2H3. The molecule has 1 N–H and O–H groups in total. The molecule has 2 unspecified atom stereocenters. The molecule has 80 valence electrons. The summed E-state index contributed by atoms with van der Waals surface area (Å²) in [4.78, 5) is 0. The van der Waals surface area contributed by atoms with Crippen molar-refractivity contribution >= 4 is 0 Å². The second kappa shape index (κ2) is 6.86. The number of ether oxygens (including phenoxy) is 1. The van der Waals surface area contributed by atoms with Gasteiger partial charge in [-0.05, 0) is 39.2 Å². The van der Waals surface area contributed by atoms with E-state index < -0.39 is 0 Å². The Morgan fingerprint density at radius 3 is 3.00 bits per heavy atom. The summed E-state index contributed by atoms with van der Waals surface area (Å²) >= 11 is 0. The third-order valence-electron chi connectivity index (χ3n) is 2.87. The van der Waals surface area contributed by atoms with E-state index in [1.165, 1.54) is 19.3 Å². The van der Waals surface area contributed by atoms with E-state index in [0.717, 1.165) is 25.9 Å². The Balaban J connectivity index is 2.25. The fourth-order valence-electron chi connectivity index (χ4n) is 2.02. The molecule has 1 saturated heterocycles. The lowest BCUT2D eigenvalue weighted by Crippen LogP contribution is -2.41. The molecule has 0 saturated carbocycles. The second-order valence-corrected chi connectivity index (χ2v) is 3.90. The van der Waals surface area contributed by atoms with Crippen LogP contribution in [0.25, 0.3) is 0 Å². The van der Waals surface area contributed by atoms with Gasteiger partial charge in [0.15, 0.2) is 0 Å². The molecule has 0 aromatic heterocycles. The predicted octanol–water partition coefficient (Wildman–Crippen LogP) is 1.95. The fraction of sp³-hybridized carbons (Fsp3) is 0.833. The number of hydrogen-bond donors (Lipinski definition) is 1. The minimum Gasteiger partial charge on any atom is -0.377 e. The van der Waals surface area contributed by atoms with E-state index in [2.05, 4.69) is 11.2 Å². The van der Waals surface area contributed by atoms with Crippen molar-refractivity contribution in [3.8, 4) is 12.3 Å². The van der Waals surface area contributed by atoms with E-state index >= 15 is 0 Å². The van der Waals surface area contributed by atoms with Gasteiger partial charge in [0.25, 0.3) is 0 Å². The summed E-state index contributed by atoms with van der Waals surface area (Å²) in [5, 5.41) is 3.34. The first-order valence-electron chi connectivity index (χ1n) is 5.61. The van der Waals surface area contributed by atoms with E-state index in [-0.39, 0.29) is 0 Å². The van der Waals surface area contributed by atoms with Crippen LogP contribution < -0.4 is 5.32 Å². The molecule has 2 heteroatoms. The molecule has 0 spiro atoms. The lowest BCUT2D eigenvalue weighted by Gasteiger charge is -2.30. The molecule has 0 aromatic carbocycles. The first kappa shape index (κ1) is 11.6. The molecule has 0 radical (unpaired) electrons. The first-order valence-corrected chi connectivity index (χ1v) is 5.61. The van der Waals surface area contributed by atoms with Gasteiger partial charge in [0, 0.05) is 19.1 Å². The number of hydrogen-bond acceptors (Lipinski definition) is 2. The monoisotopic (exact) mass is 195 g/mol. The van der Waals surface area contributed by atoms with Crippen LogP contribution in [0.5, 0.6) is 0 Å². The van der Waals surface area contributed by atoms with Gasteiger partial charge < -0.3 is 10.1 Å². The number of rotatable bonds is 5. The van der Waals surface area contributed by atoms with Crippen LogP contribution in [-0.2, 0) is 4.74 Å². The highest BCUT2D eigenvalue weighted by Gasteiger charge is 2.22. The Morgan fingerprint density at radius 2 is 2.43 bits per heavy atom. The Morgan fingerprint density at radius 1 is 1.57 bits per heavy atom. The van der Waals surface area contributed by atoms with Crippen molar-refractivity contribution < 1.29 is 4.74 Å². The van der Waals surface area contributed by atoms with Crippen LogP contribution in [0.1, 0.15) is 38.5 Å². The summed E-state index contributed by atoms with van der Waals surface area (Å²) in [5.74, 6) is 2.68.